The van der Waals surface area contributed by atoms with E-state index in [0.29, 0.717) is 5.92 Å². The zero-order valence-electron chi connectivity index (χ0n) is 11.7. The van der Waals surface area contributed by atoms with E-state index in [0.717, 1.165) is 31.7 Å². The van der Waals surface area contributed by atoms with Crippen molar-refractivity contribution in [2.75, 3.05) is 11.9 Å². The van der Waals surface area contributed by atoms with E-state index in [-0.39, 0.29) is 22.5 Å². The summed E-state index contributed by atoms with van der Waals surface area (Å²) in [7, 11) is 0. The van der Waals surface area contributed by atoms with Crippen LogP contribution in [0.25, 0.3) is 0 Å². The van der Waals surface area contributed by atoms with Crippen molar-refractivity contribution < 1.29 is 14.4 Å². The van der Waals surface area contributed by atoms with Crippen molar-refractivity contribution in [1.82, 2.24) is 0 Å². The molecule has 1 saturated carbocycles. The summed E-state index contributed by atoms with van der Waals surface area (Å²) in [5.41, 5.74) is -0.659. The molecule has 21 heavy (non-hydrogen) atoms. The van der Waals surface area contributed by atoms with E-state index in [4.69, 9.17) is 0 Å². The maximum atomic E-state index is 13.5. The highest BCUT2D eigenvalue weighted by Gasteiger charge is 2.35. The van der Waals surface area contributed by atoms with Crippen LogP contribution in [0.1, 0.15) is 32.6 Å². The highest BCUT2D eigenvalue weighted by molar-refractivity contribution is 9.10. The number of aliphatic hydroxyl groups is 1. The molecule has 1 aromatic rings. The van der Waals surface area contributed by atoms with E-state index in [9.17, 15) is 19.6 Å². The van der Waals surface area contributed by atoms with Crippen LogP contribution in [0.4, 0.5) is 15.8 Å². The molecule has 2 N–H and O–H groups in total. The number of anilines is 1. The average molecular weight is 361 g/mol. The second kappa shape index (κ2) is 6.27. The maximum Gasteiger partial charge on any atom is 0.295 e. The first-order chi connectivity index (χ1) is 9.87. The predicted octanol–water partition coefficient (Wildman–Crippen LogP) is 3.85. The Balaban J connectivity index is 2.33. The number of aliphatic hydroxyl groups excluding tert-OH is 1. The fourth-order valence-corrected chi connectivity index (χ4v) is 3.05. The van der Waals surface area contributed by atoms with Gasteiger partial charge in [0, 0.05) is 0 Å². The molecule has 0 atom stereocenters. The minimum Gasteiger partial charge on any atom is -0.394 e. The number of benzene rings is 1. The zero-order valence-corrected chi connectivity index (χ0v) is 13.3. The van der Waals surface area contributed by atoms with Crippen molar-refractivity contribution in [3.63, 3.8) is 0 Å². The minimum atomic E-state index is -0.678. The summed E-state index contributed by atoms with van der Waals surface area (Å²) in [6.45, 7) is 2.05. The van der Waals surface area contributed by atoms with Crippen LogP contribution in [0.15, 0.2) is 16.6 Å². The van der Waals surface area contributed by atoms with Crippen LogP contribution in [0, 0.1) is 21.8 Å². The van der Waals surface area contributed by atoms with Gasteiger partial charge in [-0.3, -0.25) is 10.1 Å². The summed E-state index contributed by atoms with van der Waals surface area (Å²) in [6, 6.07) is 2.26. The Morgan fingerprint density at radius 1 is 1.52 bits per heavy atom. The van der Waals surface area contributed by atoms with Gasteiger partial charge >= 0.3 is 0 Å². The number of rotatable bonds is 4. The third-order valence-corrected chi connectivity index (χ3v) is 4.78. The molecule has 116 valence electrons. The molecule has 2 rings (SSSR count). The molecular weight excluding hydrogens is 343 g/mol. The predicted molar refractivity (Wildman–Crippen MR) is 81.8 cm³/mol. The molecule has 0 aliphatic heterocycles. The monoisotopic (exact) mass is 360 g/mol. The molecule has 0 saturated heterocycles. The second-order valence-electron chi connectivity index (χ2n) is 5.79. The molecule has 0 heterocycles. The van der Waals surface area contributed by atoms with Gasteiger partial charge in [0.25, 0.3) is 5.69 Å². The van der Waals surface area contributed by atoms with E-state index in [2.05, 4.69) is 28.2 Å². The highest BCUT2D eigenvalue weighted by Crippen LogP contribution is 2.38. The summed E-state index contributed by atoms with van der Waals surface area (Å²) >= 11 is 3.04. The van der Waals surface area contributed by atoms with Gasteiger partial charge in [0.1, 0.15) is 11.5 Å². The average Bonchev–Trinajstić information content (AvgIpc) is 2.45. The Bertz CT molecular complexity index is 545. The topological polar surface area (TPSA) is 75.4 Å². The number of nitro groups is 1. The molecule has 1 aliphatic rings. The summed E-state index contributed by atoms with van der Waals surface area (Å²) in [4.78, 5) is 10.5. The van der Waals surface area contributed by atoms with Crippen LogP contribution in [-0.4, -0.2) is 22.2 Å². The standard InChI is InChI=1S/C14H18BrFN2O3/c1-9-2-4-14(8-19,5-3-9)17-12-6-10(15)11(16)7-13(12)18(20)21/h6-7,9,17,19H,2-5,8H2,1H3. The fourth-order valence-electron chi connectivity index (χ4n) is 2.71. The Morgan fingerprint density at radius 2 is 2.14 bits per heavy atom. The van der Waals surface area contributed by atoms with E-state index < -0.39 is 16.3 Å². The molecule has 5 nitrogen and oxygen atoms in total. The van der Waals surface area contributed by atoms with Gasteiger partial charge in [-0.2, -0.15) is 0 Å². The van der Waals surface area contributed by atoms with Crippen molar-refractivity contribution in [1.29, 1.82) is 0 Å². The number of hydrogen-bond donors (Lipinski definition) is 2. The third-order valence-electron chi connectivity index (χ3n) is 4.17. The molecule has 0 unspecified atom stereocenters. The van der Waals surface area contributed by atoms with Crippen LogP contribution in [0.5, 0.6) is 0 Å². The molecule has 1 aliphatic carbocycles. The normalized spacial score (nSPS) is 25.6. The molecule has 0 bridgehead atoms. The van der Waals surface area contributed by atoms with Gasteiger partial charge in [-0.25, -0.2) is 4.39 Å². The van der Waals surface area contributed by atoms with Crippen LogP contribution < -0.4 is 5.32 Å². The van der Waals surface area contributed by atoms with E-state index in [1.807, 2.05) is 0 Å². The van der Waals surface area contributed by atoms with Gasteiger partial charge in [0.2, 0.25) is 0 Å². The van der Waals surface area contributed by atoms with Gasteiger partial charge in [0.05, 0.1) is 27.6 Å². The van der Waals surface area contributed by atoms with Crippen molar-refractivity contribution in [3.8, 4) is 0 Å². The van der Waals surface area contributed by atoms with Gasteiger partial charge in [-0.05, 0) is 53.6 Å². The Morgan fingerprint density at radius 3 is 2.67 bits per heavy atom. The molecule has 7 heteroatoms. The number of halogens is 2. The molecule has 1 aromatic carbocycles. The van der Waals surface area contributed by atoms with Crippen molar-refractivity contribution in [2.24, 2.45) is 5.92 Å². The third kappa shape index (κ3) is 3.52. The molecule has 0 aromatic heterocycles. The minimum absolute atomic E-state index is 0.105. The van der Waals surface area contributed by atoms with Crippen LogP contribution >= 0.6 is 15.9 Å². The Labute approximate surface area is 130 Å². The van der Waals surface area contributed by atoms with Gasteiger partial charge in [-0.15, -0.1) is 0 Å². The van der Waals surface area contributed by atoms with Crippen molar-refractivity contribution in [3.05, 3.63) is 32.5 Å². The second-order valence-corrected chi connectivity index (χ2v) is 6.64. The summed E-state index contributed by atoms with van der Waals surface area (Å²) < 4.78 is 13.7. The smallest absolute Gasteiger partial charge is 0.295 e. The number of hydrogen-bond acceptors (Lipinski definition) is 4. The number of nitro benzene ring substituents is 1. The SMILES string of the molecule is CC1CCC(CO)(Nc2cc(Br)c(F)cc2[N+](=O)[O-])CC1. The molecule has 0 amide bonds. The number of nitrogens with one attached hydrogen (secondary N) is 1. The lowest BCUT2D eigenvalue weighted by molar-refractivity contribution is -0.384. The zero-order chi connectivity index (χ0) is 15.6. The molecule has 1 fully saturated rings. The summed E-state index contributed by atoms with van der Waals surface area (Å²) in [6.07, 6.45) is 3.36. The van der Waals surface area contributed by atoms with E-state index >= 15 is 0 Å². The van der Waals surface area contributed by atoms with Crippen LogP contribution in [0.2, 0.25) is 0 Å². The first-order valence-electron chi connectivity index (χ1n) is 6.89. The lowest BCUT2D eigenvalue weighted by Crippen LogP contribution is -2.45. The van der Waals surface area contributed by atoms with Crippen molar-refractivity contribution in [2.45, 2.75) is 38.1 Å². The summed E-state index contributed by atoms with van der Waals surface area (Å²) in [5, 5.41) is 23.9. The lowest BCUT2D eigenvalue weighted by Gasteiger charge is -2.39. The van der Waals surface area contributed by atoms with E-state index in [1.165, 1.54) is 6.07 Å². The Hall–Kier alpha value is -1.21. The number of nitrogens with zero attached hydrogens (tertiary/aromatic N) is 1. The van der Waals surface area contributed by atoms with Crippen LogP contribution in [0.3, 0.4) is 0 Å². The fraction of sp³-hybridized carbons (Fsp3) is 0.571. The summed E-state index contributed by atoms with van der Waals surface area (Å²) in [5.74, 6) is -0.0935. The largest absolute Gasteiger partial charge is 0.394 e. The van der Waals surface area contributed by atoms with E-state index in [1.54, 1.807) is 0 Å². The van der Waals surface area contributed by atoms with Gasteiger partial charge in [-0.1, -0.05) is 6.92 Å². The van der Waals surface area contributed by atoms with Crippen LogP contribution in [-0.2, 0) is 0 Å². The molecule has 0 radical (unpaired) electrons. The quantitative estimate of drug-likeness (QED) is 0.631. The molecular formula is C14H18BrFN2O3. The first-order valence-corrected chi connectivity index (χ1v) is 7.69. The van der Waals surface area contributed by atoms with Gasteiger partial charge in [0.15, 0.2) is 0 Å². The Kier molecular flexibility index (Phi) is 4.83. The maximum absolute atomic E-state index is 13.5. The molecule has 0 spiro atoms. The van der Waals surface area contributed by atoms with Crippen molar-refractivity contribution >= 4 is 27.3 Å². The lowest BCUT2D eigenvalue weighted by atomic mass is 9.77. The highest BCUT2D eigenvalue weighted by atomic mass is 79.9. The first kappa shape index (κ1) is 16.2. The van der Waals surface area contributed by atoms with Gasteiger partial charge < -0.3 is 10.4 Å².